The molecule has 0 radical (unpaired) electrons. The Kier molecular flexibility index (Phi) is 3.51. The van der Waals surface area contributed by atoms with E-state index in [0.29, 0.717) is 11.4 Å². The SMILES string of the molecule is Cc1cc(C)n(C(=O)[C@H]2CC(c3ccc(Cl)cc3)=NO2)n1. The van der Waals surface area contributed by atoms with Gasteiger partial charge in [-0.15, -0.1) is 0 Å². The second kappa shape index (κ2) is 5.33. The lowest BCUT2D eigenvalue weighted by Crippen LogP contribution is -2.28. The van der Waals surface area contributed by atoms with Crippen LogP contribution in [0.3, 0.4) is 0 Å². The Balaban J connectivity index is 1.75. The van der Waals surface area contributed by atoms with Gasteiger partial charge in [-0.25, -0.2) is 4.68 Å². The van der Waals surface area contributed by atoms with Crippen LogP contribution >= 0.6 is 11.6 Å². The number of hydrogen-bond acceptors (Lipinski definition) is 4. The van der Waals surface area contributed by atoms with Crippen molar-refractivity contribution in [3.63, 3.8) is 0 Å². The van der Waals surface area contributed by atoms with E-state index in [2.05, 4.69) is 10.3 Å². The molecular weight excluding hydrogens is 290 g/mol. The minimum atomic E-state index is -0.631. The van der Waals surface area contributed by atoms with Crippen molar-refractivity contribution in [1.82, 2.24) is 9.78 Å². The average Bonchev–Trinajstić information content (AvgIpc) is 3.06. The first-order valence-electron chi connectivity index (χ1n) is 6.61. The summed E-state index contributed by atoms with van der Waals surface area (Å²) in [7, 11) is 0. The minimum Gasteiger partial charge on any atom is -0.382 e. The molecule has 5 nitrogen and oxygen atoms in total. The molecule has 0 saturated carbocycles. The van der Waals surface area contributed by atoms with Crippen molar-refractivity contribution in [2.75, 3.05) is 0 Å². The van der Waals surface area contributed by atoms with E-state index in [0.717, 1.165) is 22.7 Å². The third kappa shape index (κ3) is 2.69. The molecule has 0 fully saturated rings. The molecule has 0 spiro atoms. The van der Waals surface area contributed by atoms with Crippen LogP contribution in [-0.4, -0.2) is 27.5 Å². The monoisotopic (exact) mass is 303 g/mol. The Labute approximate surface area is 127 Å². The molecule has 21 heavy (non-hydrogen) atoms. The maximum Gasteiger partial charge on any atom is 0.291 e. The molecule has 0 amide bonds. The number of halogens is 1. The predicted octanol–water partition coefficient (Wildman–Crippen LogP) is 2.99. The summed E-state index contributed by atoms with van der Waals surface area (Å²) >= 11 is 5.86. The van der Waals surface area contributed by atoms with Gasteiger partial charge in [0.25, 0.3) is 5.91 Å². The van der Waals surface area contributed by atoms with E-state index in [9.17, 15) is 4.79 Å². The number of aryl methyl sites for hydroxylation is 2. The quantitative estimate of drug-likeness (QED) is 0.857. The van der Waals surface area contributed by atoms with Crippen LogP contribution in [0.15, 0.2) is 35.5 Å². The lowest BCUT2D eigenvalue weighted by atomic mass is 10.0. The topological polar surface area (TPSA) is 56.5 Å². The van der Waals surface area contributed by atoms with Gasteiger partial charge in [-0.1, -0.05) is 28.9 Å². The van der Waals surface area contributed by atoms with E-state index in [1.807, 2.05) is 32.0 Å². The molecule has 1 aliphatic rings. The summed E-state index contributed by atoms with van der Waals surface area (Å²) in [6.45, 7) is 3.69. The number of hydrogen-bond donors (Lipinski definition) is 0. The first kappa shape index (κ1) is 13.8. The summed E-state index contributed by atoms with van der Waals surface area (Å²) in [4.78, 5) is 17.7. The Bertz CT molecular complexity index is 719. The van der Waals surface area contributed by atoms with Crippen LogP contribution in [0.5, 0.6) is 0 Å². The molecule has 1 aromatic carbocycles. The Hall–Kier alpha value is -2.14. The lowest BCUT2D eigenvalue weighted by molar-refractivity contribution is 0.0452. The van der Waals surface area contributed by atoms with Gasteiger partial charge in [0.05, 0.1) is 11.4 Å². The fraction of sp³-hybridized carbons (Fsp3) is 0.267. The largest absolute Gasteiger partial charge is 0.382 e. The molecule has 0 aliphatic carbocycles. The number of rotatable bonds is 2. The van der Waals surface area contributed by atoms with E-state index in [4.69, 9.17) is 16.4 Å². The fourth-order valence-electron chi connectivity index (χ4n) is 2.31. The minimum absolute atomic E-state index is 0.201. The molecule has 0 unspecified atom stereocenters. The predicted molar refractivity (Wildman–Crippen MR) is 79.8 cm³/mol. The second-order valence-electron chi connectivity index (χ2n) is 5.02. The number of carbonyl (C=O) groups is 1. The van der Waals surface area contributed by atoms with E-state index < -0.39 is 6.10 Å². The average molecular weight is 304 g/mol. The second-order valence-corrected chi connectivity index (χ2v) is 5.46. The lowest BCUT2D eigenvalue weighted by Gasteiger charge is -2.08. The molecule has 0 N–H and O–H groups in total. The van der Waals surface area contributed by atoms with Crippen LogP contribution < -0.4 is 0 Å². The van der Waals surface area contributed by atoms with Crippen molar-refractivity contribution in [3.05, 3.63) is 52.3 Å². The molecule has 1 aliphatic heterocycles. The summed E-state index contributed by atoms with van der Waals surface area (Å²) in [6, 6.07) is 9.15. The zero-order chi connectivity index (χ0) is 15.0. The Morgan fingerprint density at radius 3 is 2.67 bits per heavy atom. The first-order valence-corrected chi connectivity index (χ1v) is 6.98. The van der Waals surface area contributed by atoms with Crippen molar-refractivity contribution in [1.29, 1.82) is 0 Å². The third-order valence-electron chi connectivity index (χ3n) is 3.34. The maximum absolute atomic E-state index is 12.4. The van der Waals surface area contributed by atoms with Crippen molar-refractivity contribution in [2.24, 2.45) is 5.16 Å². The molecule has 108 valence electrons. The van der Waals surface area contributed by atoms with Crippen molar-refractivity contribution < 1.29 is 9.63 Å². The van der Waals surface area contributed by atoms with Crippen molar-refractivity contribution in [2.45, 2.75) is 26.4 Å². The van der Waals surface area contributed by atoms with Gasteiger partial charge in [0, 0.05) is 17.1 Å². The molecule has 1 aromatic heterocycles. The molecule has 3 rings (SSSR count). The summed E-state index contributed by atoms with van der Waals surface area (Å²) < 4.78 is 1.38. The summed E-state index contributed by atoms with van der Waals surface area (Å²) in [5, 5.41) is 8.86. The standard InChI is InChI=1S/C15H14ClN3O2/c1-9-7-10(2)19(17-9)15(20)14-8-13(18-21-14)11-3-5-12(16)6-4-11/h3-7,14H,8H2,1-2H3/t14-/m1/s1. The highest BCUT2D eigenvalue weighted by molar-refractivity contribution is 6.30. The fourth-order valence-corrected chi connectivity index (χ4v) is 2.44. The Morgan fingerprint density at radius 1 is 1.33 bits per heavy atom. The molecular formula is C15H14ClN3O2. The smallest absolute Gasteiger partial charge is 0.291 e. The van der Waals surface area contributed by atoms with E-state index in [1.54, 1.807) is 12.1 Å². The molecule has 6 heteroatoms. The highest BCUT2D eigenvalue weighted by Crippen LogP contribution is 2.20. The highest BCUT2D eigenvalue weighted by atomic mass is 35.5. The maximum atomic E-state index is 12.4. The van der Waals surface area contributed by atoms with Gasteiger partial charge in [0.15, 0.2) is 0 Å². The van der Waals surface area contributed by atoms with Crippen LogP contribution in [0.25, 0.3) is 0 Å². The summed E-state index contributed by atoms with van der Waals surface area (Å²) in [5.74, 6) is -0.201. The molecule has 2 heterocycles. The molecule has 0 saturated heterocycles. The van der Waals surface area contributed by atoms with Crippen LogP contribution in [0.4, 0.5) is 0 Å². The molecule has 2 aromatic rings. The highest BCUT2D eigenvalue weighted by Gasteiger charge is 2.31. The van der Waals surface area contributed by atoms with E-state index in [-0.39, 0.29) is 5.91 Å². The van der Waals surface area contributed by atoms with Gasteiger partial charge >= 0.3 is 0 Å². The first-order chi connectivity index (χ1) is 10.0. The zero-order valence-electron chi connectivity index (χ0n) is 11.7. The van der Waals surface area contributed by atoms with Gasteiger partial charge in [-0.05, 0) is 37.6 Å². The van der Waals surface area contributed by atoms with Crippen LogP contribution in [0.1, 0.15) is 28.2 Å². The number of carbonyl (C=O) groups excluding carboxylic acids is 1. The molecule has 0 bridgehead atoms. The van der Waals surface area contributed by atoms with Crippen LogP contribution in [0.2, 0.25) is 5.02 Å². The van der Waals surface area contributed by atoms with Crippen LogP contribution in [-0.2, 0) is 4.84 Å². The number of aromatic nitrogens is 2. The van der Waals surface area contributed by atoms with Gasteiger partial charge < -0.3 is 4.84 Å². The van der Waals surface area contributed by atoms with Gasteiger partial charge in [-0.3, -0.25) is 4.79 Å². The van der Waals surface area contributed by atoms with Gasteiger partial charge in [0.1, 0.15) is 0 Å². The van der Waals surface area contributed by atoms with Gasteiger partial charge in [-0.2, -0.15) is 5.10 Å². The molecule has 1 atom stereocenters. The number of benzene rings is 1. The zero-order valence-corrected chi connectivity index (χ0v) is 12.5. The number of oxime groups is 1. The van der Waals surface area contributed by atoms with Crippen molar-refractivity contribution >= 4 is 23.2 Å². The summed E-state index contributed by atoms with van der Waals surface area (Å²) in [6.07, 6.45) is -0.201. The van der Waals surface area contributed by atoms with Crippen LogP contribution in [0, 0.1) is 13.8 Å². The number of nitrogens with zero attached hydrogens (tertiary/aromatic N) is 3. The van der Waals surface area contributed by atoms with Gasteiger partial charge in [0.2, 0.25) is 6.10 Å². The van der Waals surface area contributed by atoms with E-state index in [1.165, 1.54) is 4.68 Å². The van der Waals surface area contributed by atoms with E-state index >= 15 is 0 Å². The van der Waals surface area contributed by atoms with Crippen molar-refractivity contribution in [3.8, 4) is 0 Å². The normalized spacial score (nSPS) is 17.5. The summed E-state index contributed by atoms with van der Waals surface area (Å²) in [5.41, 5.74) is 3.24. The third-order valence-corrected chi connectivity index (χ3v) is 3.59. The Morgan fingerprint density at radius 2 is 2.05 bits per heavy atom.